The van der Waals surface area contributed by atoms with Gasteiger partial charge in [-0.15, -0.1) is 11.3 Å². The van der Waals surface area contributed by atoms with Crippen molar-refractivity contribution in [2.24, 2.45) is 0 Å². The van der Waals surface area contributed by atoms with E-state index in [2.05, 4.69) is 38.4 Å². The maximum Gasteiger partial charge on any atom is 0.113 e. The van der Waals surface area contributed by atoms with E-state index in [0.29, 0.717) is 12.0 Å². The third-order valence-electron chi connectivity index (χ3n) is 3.29. The van der Waals surface area contributed by atoms with E-state index in [1.807, 2.05) is 11.3 Å². The largest absolute Gasteiger partial charge is 0.303 e. The van der Waals surface area contributed by atoms with Crippen LogP contribution in [0.1, 0.15) is 63.6 Å². The van der Waals surface area contributed by atoms with Crippen LogP contribution in [0.25, 0.3) is 0 Å². The molecule has 0 atom stereocenters. The predicted molar refractivity (Wildman–Crippen MR) is 70.0 cm³/mol. The quantitative estimate of drug-likeness (QED) is 0.866. The van der Waals surface area contributed by atoms with Crippen LogP contribution in [-0.2, 0) is 5.54 Å². The van der Waals surface area contributed by atoms with Crippen LogP contribution in [0.3, 0.4) is 0 Å². The Balaban J connectivity index is 2.19. The van der Waals surface area contributed by atoms with Gasteiger partial charge in [-0.2, -0.15) is 0 Å². The van der Waals surface area contributed by atoms with Gasteiger partial charge in [0.15, 0.2) is 0 Å². The molecule has 0 amide bonds. The van der Waals surface area contributed by atoms with Crippen LogP contribution < -0.4 is 5.32 Å². The second kappa shape index (κ2) is 4.46. The number of aromatic nitrogens is 1. The van der Waals surface area contributed by atoms with Gasteiger partial charge < -0.3 is 5.32 Å². The Morgan fingerprint density at radius 1 is 1.31 bits per heavy atom. The average Bonchev–Trinajstić information content (AvgIpc) is 2.59. The average molecular weight is 238 g/mol. The van der Waals surface area contributed by atoms with Crippen molar-refractivity contribution in [2.75, 3.05) is 0 Å². The fourth-order valence-electron chi connectivity index (χ4n) is 2.27. The fourth-order valence-corrected chi connectivity index (χ4v) is 3.48. The van der Waals surface area contributed by atoms with Gasteiger partial charge in [-0.1, -0.05) is 13.8 Å². The zero-order chi connectivity index (χ0) is 11.8. The molecule has 1 aromatic rings. The zero-order valence-electron chi connectivity index (χ0n) is 10.7. The molecular weight excluding hydrogens is 216 g/mol. The lowest BCUT2D eigenvalue weighted by atomic mass is 9.76. The highest BCUT2D eigenvalue weighted by molar-refractivity contribution is 7.09. The van der Waals surface area contributed by atoms with Gasteiger partial charge in [0.25, 0.3) is 0 Å². The van der Waals surface area contributed by atoms with E-state index in [4.69, 9.17) is 4.98 Å². The molecule has 0 unspecified atom stereocenters. The molecule has 3 heteroatoms. The smallest absolute Gasteiger partial charge is 0.113 e. The van der Waals surface area contributed by atoms with Crippen LogP contribution >= 0.6 is 11.3 Å². The highest BCUT2D eigenvalue weighted by Gasteiger charge is 2.41. The molecule has 1 aliphatic carbocycles. The third kappa shape index (κ3) is 2.16. The lowest BCUT2D eigenvalue weighted by Crippen LogP contribution is -2.50. The Morgan fingerprint density at radius 3 is 2.38 bits per heavy atom. The summed E-state index contributed by atoms with van der Waals surface area (Å²) < 4.78 is 0. The van der Waals surface area contributed by atoms with E-state index < -0.39 is 0 Å². The molecule has 1 saturated carbocycles. The van der Waals surface area contributed by atoms with E-state index in [1.54, 1.807) is 0 Å². The SMILES string of the molecule is CC(C)NC1(c2nc(C(C)C)cs2)CCC1. The lowest BCUT2D eigenvalue weighted by molar-refractivity contribution is 0.170. The molecule has 0 radical (unpaired) electrons. The van der Waals surface area contributed by atoms with E-state index in [-0.39, 0.29) is 5.54 Å². The lowest BCUT2D eigenvalue weighted by Gasteiger charge is -2.42. The minimum atomic E-state index is 0.200. The fraction of sp³-hybridized carbons (Fsp3) is 0.769. The van der Waals surface area contributed by atoms with Gasteiger partial charge in [-0.3, -0.25) is 0 Å². The Kier molecular flexibility index (Phi) is 3.36. The van der Waals surface area contributed by atoms with Gasteiger partial charge in [-0.25, -0.2) is 4.98 Å². The summed E-state index contributed by atoms with van der Waals surface area (Å²) in [5, 5.41) is 7.24. The molecule has 1 aromatic heterocycles. The summed E-state index contributed by atoms with van der Waals surface area (Å²) in [6.45, 7) is 8.86. The molecular formula is C13H22N2S. The summed E-state index contributed by atoms with van der Waals surface area (Å²) in [5.74, 6) is 0.543. The molecule has 1 N–H and O–H groups in total. The van der Waals surface area contributed by atoms with Crippen molar-refractivity contribution >= 4 is 11.3 Å². The molecule has 1 fully saturated rings. The molecule has 90 valence electrons. The number of nitrogens with zero attached hydrogens (tertiary/aromatic N) is 1. The third-order valence-corrected chi connectivity index (χ3v) is 4.36. The Bertz CT molecular complexity index is 351. The summed E-state index contributed by atoms with van der Waals surface area (Å²) in [6, 6.07) is 0.534. The maximum atomic E-state index is 4.81. The molecule has 0 bridgehead atoms. The van der Waals surface area contributed by atoms with Gasteiger partial charge in [-0.05, 0) is 39.0 Å². The second-order valence-electron chi connectivity index (χ2n) is 5.47. The molecule has 16 heavy (non-hydrogen) atoms. The van der Waals surface area contributed by atoms with Gasteiger partial charge in [0.2, 0.25) is 0 Å². The zero-order valence-corrected chi connectivity index (χ0v) is 11.5. The van der Waals surface area contributed by atoms with Gasteiger partial charge in [0.05, 0.1) is 11.2 Å². The van der Waals surface area contributed by atoms with Crippen LogP contribution in [0.5, 0.6) is 0 Å². The molecule has 1 aliphatic rings. The topological polar surface area (TPSA) is 24.9 Å². The molecule has 0 aromatic carbocycles. The Morgan fingerprint density at radius 2 is 2.00 bits per heavy atom. The van der Waals surface area contributed by atoms with Crippen LogP contribution in [-0.4, -0.2) is 11.0 Å². The molecule has 1 heterocycles. The number of thiazole rings is 1. The summed E-state index contributed by atoms with van der Waals surface area (Å²) >= 11 is 1.83. The summed E-state index contributed by atoms with van der Waals surface area (Å²) in [5.41, 5.74) is 1.45. The van der Waals surface area contributed by atoms with Crippen molar-refractivity contribution < 1.29 is 0 Å². The van der Waals surface area contributed by atoms with Gasteiger partial charge in [0.1, 0.15) is 5.01 Å². The van der Waals surface area contributed by atoms with Crippen LogP contribution in [0.15, 0.2) is 5.38 Å². The van der Waals surface area contributed by atoms with Crippen molar-refractivity contribution in [1.29, 1.82) is 0 Å². The van der Waals surface area contributed by atoms with Crippen molar-refractivity contribution in [1.82, 2.24) is 10.3 Å². The first-order valence-corrected chi connectivity index (χ1v) is 7.15. The molecule has 2 rings (SSSR count). The molecule has 0 aliphatic heterocycles. The second-order valence-corrected chi connectivity index (χ2v) is 6.33. The van der Waals surface area contributed by atoms with Crippen molar-refractivity contribution in [3.8, 4) is 0 Å². The van der Waals surface area contributed by atoms with E-state index >= 15 is 0 Å². The standard InChI is InChI=1S/C13H22N2S/c1-9(2)11-8-16-12(14-11)13(6-5-7-13)15-10(3)4/h8-10,15H,5-7H2,1-4H3. The molecule has 0 spiro atoms. The summed E-state index contributed by atoms with van der Waals surface area (Å²) in [7, 11) is 0. The predicted octanol–water partition coefficient (Wildman–Crippen LogP) is 3.64. The highest BCUT2D eigenvalue weighted by atomic mass is 32.1. The first-order valence-electron chi connectivity index (χ1n) is 6.27. The van der Waals surface area contributed by atoms with E-state index in [9.17, 15) is 0 Å². The number of hydrogen-bond acceptors (Lipinski definition) is 3. The normalized spacial score (nSPS) is 19.1. The van der Waals surface area contributed by atoms with Gasteiger partial charge >= 0.3 is 0 Å². The van der Waals surface area contributed by atoms with Crippen LogP contribution in [0, 0.1) is 0 Å². The summed E-state index contributed by atoms with van der Waals surface area (Å²) in [4.78, 5) is 4.81. The monoisotopic (exact) mass is 238 g/mol. The minimum absolute atomic E-state index is 0.200. The van der Waals surface area contributed by atoms with Crippen molar-refractivity contribution in [3.63, 3.8) is 0 Å². The Labute approximate surface area is 102 Å². The van der Waals surface area contributed by atoms with Gasteiger partial charge in [0, 0.05) is 11.4 Å². The number of rotatable bonds is 4. The van der Waals surface area contributed by atoms with Crippen LogP contribution in [0.2, 0.25) is 0 Å². The minimum Gasteiger partial charge on any atom is -0.303 e. The molecule has 0 saturated heterocycles. The maximum absolute atomic E-state index is 4.81. The number of nitrogens with one attached hydrogen (secondary N) is 1. The van der Waals surface area contributed by atoms with E-state index in [0.717, 1.165) is 0 Å². The van der Waals surface area contributed by atoms with Crippen molar-refractivity contribution in [2.45, 2.75) is 64.5 Å². The molecule has 2 nitrogen and oxygen atoms in total. The summed E-state index contributed by atoms with van der Waals surface area (Å²) in [6.07, 6.45) is 3.82. The van der Waals surface area contributed by atoms with E-state index in [1.165, 1.54) is 30.0 Å². The van der Waals surface area contributed by atoms with Crippen molar-refractivity contribution in [3.05, 3.63) is 16.1 Å². The Hall–Kier alpha value is -0.410. The highest BCUT2D eigenvalue weighted by Crippen LogP contribution is 2.43. The first kappa shape index (κ1) is 12.1. The number of hydrogen-bond donors (Lipinski definition) is 1. The van der Waals surface area contributed by atoms with Crippen LogP contribution in [0.4, 0.5) is 0 Å². The first-order chi connectivity index (χ1) is 7.53.